The molecule has 2 aromatic rings. The van der Waals surface area contributed by atoms with Crippen LogP contribution in [0.15, 0.2) is 36.4 Å². The largest absolute Gasteiger partial charge is 0.497 e. The van der Waals surface area contributed by atoms with Crippen molar-refractivity contribution in [3.8, 4) is 5.75 Å². The van der Waals surface area contributed by atoms with Crippen molar-refractivity contribution in [3.05, 3.63) is 42.0 Å². The second kappa shape index (κ2) is 6.20. The second-order valence-electron chi connectivity index (χ2n) is 6.81. The number of amides is 1. The Morgan fingerprint density at radius 1 is 1.30 bits per heavy atom. The van der Waals surface area contributed by atoms with Gasteiger partial charge in [0, 0.05) is 25.2 Å². The van der Waals surface area contributed by atoms with Crippen LogP contribution < -0.4 is 10.1 Å². The molecule has 1 amide bonds. The molecule has 1 N–H and O–H groups in total. The highest BCUT2D eigenvalue weighted by Crippen LogP contribution is 2.25. The van der Waals surface area contributed by atoms with Crippen molar-refractivity contribution in [1.29, 1.82) is 0 Å². The van der Waals surface area contributed by atoms with Gasteiger partial charge in [-0.2, -0.15) is 0 Å². The zero-order valence-electron chi connectivity index (χ0n) is 14.1. The Hall–Kier alpha value is -2.07. The van der Waals surface area contributed by atoms with Crippen LogP contribution in [-0.2, 0) is 11.2 Å². The number of carbonyl (C=O) groups is 1. The lowest BCUT2D eigenvalue weighted by molar-refractivity contribution is -0.132. The first-order valence-electron chi connectivity index (χ1n) is 8.07. The predicted octanol–water partition coefficient (Wildman–Crippen LogP) is 2.60. The van der Waals surface area contributed by atoms with Gasteiger partial charge in [-0.15, -0.1) is 0 Å². The van der Waals surface area contributed by atoms with E-state index < -0.39 is 0 Å². The van der Waals surface area contributed by atoms with Gasteiger partial charge < -0.3 is 15.0 Å². The van der Waals surface area contributed by atoms with Gasteiger partial charge in [0.1, 0.15) is 5.75 Å². The zero-order valence-corrected chi connectivity index (χ0v) is 14.1. The van der Waals surface area contributed by atoms with Gasteiger partial charge >= 0.3 is 0 Å². The molecule has 1 heterocycles. The molecule has 0 aromatic heterocycles. The van der Waals surface area contributed by atoms with Gasteiger partial charge in [-0.1, -0.05) is 24.3 Å². The summed E-state index contributed by atoms with van der Waals surface area (Å²) in [5, 5.41) is 5.67. The van der Waals surface area contributed by atoms with Gasteiger partial charge in [0.05, 0.1) is 13.5 Å². The van der Waals surface area contributed by atoms with Gasteiger partial charge in [0.15, 0.2) is 0 Å². The molecule has 1 saturated heterocycles. The Balaban J connectivity index is 1.84. The van der Waals surface area contributed by atoms with Crippen LogP contribution in [0.2, 0.25) is 0 Å². The molecular formula is C19H24N2O2. The standard InChI is InChI=1S/C19H24N2O2/c1-19(2)13-21(10-9-20-19)18(22)11-15-6-4-5-14-7-8-16(23-3)12-17(14)15/h4-8,12,20H,9-11,13H2,1-3H3. The van der Waals surface area contributed by atoms with Crippen molar-refractivity contribution in [3.63, 3.8) is 0 Å². The molecule has 0 spiro atoms. The normalized spacial score (nSPS) is 17.3. The number of hydrogen-bond acceptors (Lipinski definition) is 3. The van der Waals surface area contributed by atoms with Crippen LogP contribution in [0.3, 0.4) is 0 Å². The number of ether oxygens (including phenoxy) is 1. The van der Waals surface area contributed by atoms with Crippen molar-refractivity contribution in [1.82, 2.24) is 10.2 Å². The summed E-state index contributed by atoms with van der Waals surface area (Å²) in [4.78, 5) is 14.7. The highest BCUT2D eigenvalue weighted by atomic mass is 16.5. The average molecular weight is 312 g/mol. The fraction of sp³-hybridized carbons (Fsp3) is 0.421. The van der Waals surface area contributed by atoms with Crippen molar-refractivity contribution in [2.75, 3.05) is 26.7 Å². The minimum atomic E-state index is -0.0180. The molecule has 0 atom stereocenters. The van der Waals surface area contributed by atoms with E-state index in [1.165, 1.54) is 0 Å². The maximum absolute atomic E-state index is 12.7. The van der Waals surface area contributed by atoms with E-state index >= 15 is 0 Å². The Labute approximate surface area is 137 Å². The molecule has 1 aliphatic rings. The number of hydrogen-bond donors (Lipinski definition) is 1. The summed E-state index contributed by atoms with van der Waals surface area (Å²) < 4.78 is 5.32. The summed E-state index contributed by atoms with van der Waals surface area (Å²) >= 11 is 0. The number of piperazine rings is 1. The molecule has 3 rings (SSSR count). The van der Waals surface area contributed by atoms with E-state index in [1.807, 2.05) is 35.2 Å². The summed E-state index contributed by atoms with van der Waals surface area (Å²) in [6.07, 6.45) is 0.431. The van der Waals surface area contributed by atoms with Crippen LogP contribution in [0, 0.1) is 0 Å². The third kappa shape index (κ3) is 3.48. The van der Waals surface area contributed by atoms with Gasteiger partial charge in [-0.25, -0.2) is 0 Å². The lowest BCUT2D eigenvalue weighted by Gasteiger charge is -2.39. The third-order valence-corrected chi connectivity index (χ3v) is 4.45. The van der Waals surface area contributed by atoms with E-state index in [0.717, 1.165) is 41.7 Å². The number of carbonyl (C=O) groups excluding carboxylic acids is 1. The molecule has 122 valence electrons. The van der Waals surface area contributed by atoms with Gasteiger partial charge in [0.2, 0.25) is 5.91 Å². The molecule has 0 bridgehead atoms. The lowest BCUT2D eigenvalue weighted by Crippen LogP contribution is -2.58. The first kappa shape index (κ1) is 15.8. The van der Waals surface area contributed by atoms with Crippen molar-refractivity contribution in [2.45, 2.75) is 25.8 Å². The Bertz CT molecular complexity index is 724. The van der Waals surface area contributed by atoms with Crippen LogP contribution in [0.25, 0.3) is 10.8 Å². The number of rotatable bonds is 3. The molecule has 2 aromatic carbocycles. The molecule has 0 unspecified atom stereocenters. The number of benzene rings is 2. The molecule has 0 aliphatic carbocycles. The number of fused-ring (bicyclic) bond motifs is 1. The number of methoxy groups -OCH3 is 1. The first-order valence-corrected chi connectivity index (χ1v) is 8.07. The van der Waals surface area contributed by atoms with Crippen molar-refractivity contribution in [2.24, 2.45) is 0 Å². The second-order valence-corrected chi connectivity index (χ2v) is 6.81. The monoisotopic (exact) mass is 312 g/mol. The van der Waals surface area contributed by atoms with Crippen molar-refractivity contribution < 1.29 is 9.53 Å². The molecule has 4 nitrogen and oxygen atoms in total. The zero-order chi connectivity index (χ0) is 16.4. The van der Waals surface area contributed by atoms with E-state index in [2.05, 4.69) is 25.2 Å². The first-order chi connectivity index (χ1) is 11.0. The minimum absolute atomic E-state index is 0.0180. The fourth-order valence-corrected chi connectivity index (χ4v) is 3.23. The van der Waals surface area contributed by atoms with Crippen molar-refractivity contribution >= 4 is 16.7 Å². The highest BCUT2D eigenvalue weighted by molar-refractivity contribution is 5.91. The summed E-state index contributed by atoms with van der Waals surface area (Å²) in [5.41, 5.74) is 1.04. The predicted molar refractivity (Wildman–Crippen MR) is 92.9 cm³/mol. The van der Waals surface area contributed by atoms with Crippen LogP contribution >= 0.6 is 0 Å². The number of nitrogens with one attached hydrogen (secondary N) is 1. The van der Waals surface area contributed by atoms with Gasteiger partial charge in [-0.3, -0.25) is 4.79 Å². The van der Waals surface area contributed by atoms with E-state index in [-0.39, 0.29) is 11.4 Å². The maximum atomic E-state index is 12.7. The molecule has 4 heteroatoms. The Morgan fingerprint density at radius 2 is 2.13 bits per heavy atom. The molecule has 0 saturated carbocycles. The topological polar surface area (TPSA) is 41.6 Å². The van der Waals surface area contributed by atoms with E-state index in [4.69, 9.17) is 4.74 Å². The van der Waals surface area contributed by atoms with Crippen LogP contribution in [-0.4, -0.2) is 43.1 Å². The average Bonchev–Trinajstić information content (AvgIpc) is 2.53. The Kier molecular flexibility index (Phi) is 4.26. The summed E-state index contributed by atoms with van der Waals surface area (Å²) in [6, 6.07) is 12.1. The molecule has 1 aliphatic heterocycles. The summed E-state index contributed by atoms with van der Waals surface area (Å²) in [7, 11) is 1.66. The third-order valence-electron chi connectivity index (χ3n) is 4.45. The lowest BCUT2D eigenvalue weighted by atomic mass is 9.99. The molecular weight excluding hydrogens is 288 g/mol. The van der Waals surface area contributed by atoms with E-state index in [0.29, 0.717) is 6.42 Å². The van der Waals surface area contributed by atoms with E-state index in [9.17, 15) is 4.79 Å². The van der Waals surface area contributed by atoms with Crippen LogP contribution in [0.1, 0.15) is 19.4 Å². The van der Waals surface area contributed by atoms with Crippen LogP contribution in [0.4, 0.5) is 0 Å². The van der Waals surface area contributed by atoms with Gasteiger partial charge in [0.25, 0.3) is 0 Å². The highest BCUT2D eigenvalue weighted by Gasteiger charge is 2.28. The summed E-state index contributed by atoms with van der Waals surface area (Å²) in [6.45, 7) is 6.64. The smallest absolute Gasteiger partial charge is 0.227 e. The van der Waals surface area contributed by atoms with Crippen LogP contribution in [0.5, 0.6) is 5.75 Å². The molecule has 1 fully saturated rings. The van der Waals surface area contributed by atoms with Gasteiger partial charge in [-0.05, 0) is 42.3 Å². The molecule has 23 heavy (non-hydrogen) atoms. The SMILES string of the molecule is COc1ccc2cccc(CC(=O)N3CCNC(C)(C)C3)c2c1. The Morgan fingerprint density at radius 3 is 2.87 bits per heavy atom. The van der Waals surface area contributed by atoms with E-state index in [1.54, 1.807) is 7.11 Å². The minimum Gasteiger partial charge on any atom is -0.497 e. The maximum Gasteiger partial charge on any atom is 0.227 e. The summed E-state index contributed by atoms with van der Waals surface area (Å²) in [5.74, 6) is 1.01. The fourth-order valence-electron chi connectivity index (χ4n) is 3.23. The molecule has 0 radical (unpaired) electrons. The number of nitrogens with zero attached hydrogens (tertiary/aromatic N) is 1. The quantitative estimate of drug-likeness (QED) is 0.947.